The summed E-state index contributed by atoms with van der Waals surface area (Å²) in [4.78, 5) is 28.0. The van der Waals surface area contributed by atoms with Crippen molar-refractivity contribution in [1.29, 1.82) is 0 Å². The van der Waals surface area contributed by atoms with Gasteiger partial charge in [0, 0.05) is 18.5 Å². The number of rotatable bonds is 7. The van der Waals surface area contributed by atoms with Crippen LogP contribution in [0.2, 0.25) is 0 Å². The maximum absolute atomic E-state index is 12.8. The second-order valence-corrected chi connectivity index (χ2v) is 8.14. The lowest BCUT2D eigenvalue weighted by atomic mass is 10.1. The van der Waals surface area contributed by atoms with Crippen LogP contribution in [-0.4, -0.2) is 46.8 Å². The lowest BCUT2D eigenvalue weighted by Gasteiger charge is -2.19. The summed E-state index contributed by atoms with van der Waals surface area (Å²) in [6.45, 7) is 8.53. The first kappa shape index (κ1) is 20.5. The number of amides is 1. The van der Waals surface area contributed by atoms with Crippen molar-refractivity contribution in [3.63, 3.8) is 0 Å². The summed E-state index contributed by atoms with van der Waals surface area (Å²) in [6.07, 6.45) is 6.14. The zero-order valence-electron chi connectivity index (χ0n) is 17.1. The first-order chi connectivity index (χ1) is 13.6. The highest BCUT2D eigenvalue weighted by Gasteiger charge is 2.17. The van der Waals surface area contributed by atoms with Crippen molar-refractivity contribution in [2.24, 2.45) is 5.92 Å². The van der Waals surface area contributed by atoms with Crippen LogP contribution in [0.4, 0.5) is 0 Å². The fraction of sp³-hybridized carbons (Fsp3) is 0.591. The normalized spacial score (nSPS) is 15.7. The molecule has 1 N–H and O–H groups in total. The predicted molar refractivity (Wildman–Crippen MR) is 113 cm³/mol. The average molecular weight is 385 g/mol. The van der Waals surface area contributed by atoms with Crippen LogP contribution in [0.1, 0.15) is 56.4 Å². The third-order valence-electron chi connectivity index (χ3n) is 5.26. The number of fused-ring (bicyclic) bond motifs is 1. The van der Waals surface area contributed by atoms with Gasteiger partial charge in [-0.2, -0.15) is 5.10 Å². The molecule has 0 saturated carbocycles. The van der Waals surface area contributed by atoms with Crippen LogP contribution >= 0.6 is 0 Å². The van der Waals surface area contributed by atoms with Crippen LogP contribution in [0, 0.1) is 5.92 Å². The van der Waals surface area contributed by atoms with Gasteiger partial charge in [-0.15, -0.1) is 0 Å². The molecule has 0 spiro atoms. The van der Waals surface area contributed by atoms with Crippen molar-refractivity contribution < 1.29 is 4.79 Å². The second kappa shape index (κ2) is 9.82. The SMILES string of the molecule is CC(C)Cn1nc(C(=O)NCCCN2CCCCCC2)c2ccccc2c1=O. The van der Waals surface area contributed by atoms with E-state index in [2.05, 4.69) is 15.3 Å². The Kier molecular flexibility index (Phi) is 7.20. The van der Waals surface area contributed by atoms with Gasteiger partial charge in [0.2, 0.25) is 0 Å². The van der Waals surface area contributed by atoms with Crippen molar-refractivity contribution in [3.05, 3.63) is 40.3 Å². The van der Waals surface area contributed by atoms with E-state index in [1.807, 2.05) is 26.0 Å². The largest absolute Gasteiger partial charge is 0.351 e. The Balaban J connectivity index is 1.68. The second-order valence-electron chi connectivity index (χ2n) is 8.14. The monoisotopic (exact) mass is 384 g/mol. The van der Waals surface area contributed by atoms with Crippen LogP contribution in [0.25, 0.3) is 10.8 Å². The number of nitrogens with one attached hydrogen (secondary N) is 1. The topological polar surface area (TPSA) is 67.2 Å². The van der Waals surface area contributed by atoms with E-state index < -0.39 is 0 Å². The number of benzene rings is 1. The van der Waals surface area contributed by atoms with Crippen molar-refractivity contribution >= 4 is 16.7 Å². The van der Waals surface area contributed by atoms with E-state index >= 15 is 0 Å². The van der Waals surface area contributed by atoms with Gasteiger partial charge in [0.05, 0.1) is 5.39 Å². The Morgan fingerprint density at radius 3 is 2.46 bits per heavy atom. The Labute approximate surface area is 166 Å². The molecule has 1 aromatic carbocycles. The maximum atomic E-state index is 12.8. The minimum absolute atomic E-state index is 0.137. The number of nitrogens with zero attached hydrogens (tertiary/aromatic N) is 3. The van der Waals surface area contributed by atoms with Crippen molar-refractivity contribution in [3.8, 4) is 0 Å². The highest BCUT2D eigenvalue weighted by Crippen LogP contribution is 2.14. The number of hydrogen-bond acceptors (Lipinski definition) is 4. The molecule has 1 saturated heterocycles. The van der Waals surface area contributed by atoms with Crippen molar-refractivity contribution in [1.82, 2.24) is 20.0 Å². The number of hydrogen-bond donors (Lipinski definition) is 1. The Bertz CT molecular complexity index is 851. The summed E-state index contributed by atoms with van der Waals surface area (Å²) in [7, 11) is 0. The predicted octanol–water partition coefficient (Wildman–Crippen LogP) is 3.05. The van der Waals surface area contributed by atoms with Gasteiger partial charge in [0.15, 0.2) is 5.69 Å². The first-order valence-corrected chi connectivity index (χ1v) is 10.6. The molecule has 1 fully saturated rings. The third-order valence-corrected chi connectivity index (χ3v) is 5.26. The number of carbonyl (C=O) groups excluding carboxylic acids is 1. The summed E-state index contributed by atoms with van der Waals surface area (Å²) >= 11 is 0. The highest BCUT2D eigenvalue weighted by atomic mass is 16.2. The van der Waals surface area contributed by atoms with Gasteiger partial charge in [0.25, 0.3) is 11.5 Å². The molecule has 1 aromatic heterocycles. The fourth-order valence-corrected chi connectivity index (χ4v) is 3.82. The summed E-state index contributed by atoms with van der Waals surface area (Å²) in [6, 6.07) is 7.24. The molecule has 2 heterocycles. The molecule has 0 aliphatic carbocycles. The van der Waals surface area contributed by atoms with E-state index in [1.54, 1.807) is 12.1 Å². The molecular weight excluding hydrogens is 352 g/mol. The standard InChI is InChI=1S/C22H32N4O2/c1-17(2)16-26-22(28)19-11-6-5-10-18(19)20(24-26)21(27)23-12-9-15-25-13-7-3-4-8-14-25/h5-6,10-11,17H,3-4,7-9,12-16H2,1-2H3,(H,23,27). The molecule has 0 atom stereocenters. The van der Waals surface area contributed by atoms with Crippen LogP contribution in [0.15, 0.2) is 29.1 Å². The molecule has 6 heteroatoms. The van der Waals surface area contributed by atoms with Gasteiger partial charge < -0.3 is 10.2 Å². The lowest BCUT2D eigenvalue weighted by Crippen LogP contribution is -2.33. The van der Waals surface area contributed by atoms with Crippen LogP contribution < -0.4 is 10.9 Å². The van der Waals surface area contributed by atoms with E-state index in [0.717, 1.165) is 13.0 Å². The van der Waals surface area contributed by atoms with E-state index in [-0.39, 0.29) is 17.4 Å². The van der Waals surface area contributed by atoms with Crippen molar-refractivity contribution in [2.75, 3.05) is 26.2 Å². The van der Waals surface area contributed by atoms with Crippen molar-refractivity contribution in [2.45, 2.75) is 52.5 Å². The van der Waals surface area contributed by atoms with Crippen LogP contribution in [-0.2, 0) is 6.54 Å². The zero-order valence-corrected chi connectivity index (χ0v) is 17.1. The molecule has 0 radical (unpaired) electrons. The average Bonchev–Trinajstić information content (AvgIpc) is 2.96. The molecular formula is C22H32N4O2. The summed E-state index contributed by atoms with van der Waals surface area (Å²) in [5.74, 6) is 0.0699. The molecule has 1 aliphatic rings. The van der Waals surface area contributed by atoms with Crippen LogP contribution in [0.5, 0.6) is 0 Å². The Morgan fingerprint density at radius 1 is 1.11 bits per heavy atom. The number of aromatic nitrogens is 2. The molecule has 2 aromatic rings. The minimum Gasteiger partial charge on any atom is -0.351 e. The molecule has 6 nitrogen and oxygen atoms in total. The molecule has 0 unspecified atom stereocenters. The number of carbonyl (C=O) groups is 1. The molecule has 28 heavy (non-hydrogen) atoms. The minimum atomic E-state index is -0.204. The molecule has 3 rings (SSSR count). The first-order valence-electron chi connectivity index (χ1n) is 10.6. The van der Waals surface area contributed by atoms with Gasteiger partial charge in [-0.05, 0) is 50.9 Å². The summed E-state index contributed by atoms with van der Waals surface area (Å²) in [5, 5.41) is 8.58. The molecule has 1 amide bonds. The third kappa shape index (κ3) is 5.19. The van der Waals surface area contributed by atoms with Gasteiger partial charge >= 0.3 is 0 Å². The van der Waals surface area contributed by atoms with E-state index in [0.29, 0.717) is 29.6 Å². The quantitative estimate of drug-likeness (QED) is 0.745. The lowest BCUT2D eigenvalue weighted by molar-refractivity contribution is 0.0946. The van der Waals surface area contributed by atoms with Gasteiger partial charge in [-0.1, -0.05) is 44.9 Å². The van der Waals surface area contributed by atoms with Gasteiger partial charge in [-0.25, -0.2) is 4.68 Å². The van der Waals surface area contributed by atoms with Gasteiger partial charge in [-0.3, -0.25) is 9.59 Å². The Hall–Kier alpha value is -2.21. The van der Waals surface area contributed by atoms with E-state index in [4.69, 9.17) is 0 Å². The molecule has 152 valence electrons. The maximum Gasteiger partial charge on any atom is 0.274 e. The van der Waals surface area contributed by atoms with E-state index in [9.17, 15) is 9.59 Å². The van der Waals surface area contributed by atoms with E-state index in [1.165, 1.54) is 43.5 Å². The smallest absolute Gasteiger partial charge is 0.274 e. The number of likely N-dealkylation sites (tertiary alicyclic amines) is 1. The molecule has 0 bridgehead atoms. The summed E-state index contributed by atoms with van der Waals surface area (Å²) in [5.41, 5.74) is 0.202. The highest BCUT2D eigenvalue weighted by molar-refractivity contribution is 6.04. The zero-order chi connectivity index (χ0) is 19.9. The molecule has 1 aliphatic heterocycles. The Morgan fingerprint density at radius 2 is 1.79 bits per heavy atom. The van der Waals surface area contributed by atoms with Crippen LogP contribution in [0.3, 0.4) is 0 Å². The van der Waals surface area contributed by atoms with Gasteiger partial charge in [0.1, 0.15) is 0 Å². The summed E-state index contributed by atoms with van der Waals surface area (Å²) < 4.78 is 1.43. The fourth-order valence-electron chi connectivity index (χ4n) is 3.82.